The van der Waals surface area contributed by atoms with Crippen molar-refractivity contribution < 1.29 is 16.8 Å². The summed E-state index contributed by atoms with van der Waals surface area (Å²) in [4.78, 5) is -0.0729. The third kappa shape index (κ3) is 5.35. The van der Waals surface area contributed by atoms with Crippen LogP contribution in [0.15, 0.2) is 23.1 Å². The van der Waals surface area contributed by atoms with E-state index in [9.17, 15) is 16.8 Å². The molecule has 3 N–H and O–H groups in total. The number of halogens is 1. The van der Waals surface area contributed by atoms with Gasteiger partial charge in [0.1, 0.15) is 14.7 Å². The maximum absolute atomic E-state index is 11.9. The highest BCUT2D eigenvalue weighted by molar-refractivity contribution is 7.90. The van der Waals surface area contributed by atoms with Crippen molar-refractivity contribution in [3.05, 3.63) is 23.2 Å². The first-order chi connectivity index (χ1) is 8.62. The lowest BCUT2D eigenvalue weighted by Crippen LogP contribution is -2.26. The quantitative estimate of drug-likeness (QED) is 0.589. The molecular weight excluding hydrogens is 312 g/mol. The number of nitrogens with two attached hydrogens (primary N) is 1. The lowest BCUT2D eigenvalue weighted by atomic mass is 10.3. The molecule has 0 unspecified atom stereocenters. The van der Waals surface area contributed by atoms with Crippen LogP contribution in [-0.4, -0.2) is 35.4 Å². The number of rotatable bonds is 6. The number of benzene rings is 1. The minimum Gasteiger partial charge on any atom is -0.398 e. The van der Waals surface area contributed by atoms with Gasteiger partial charge in [0.05, 0.1) is 11.4 Å². The van der Waals surface area contributed by atoms with E-state index in [0.717, 1.165) is 6.26 Å². The van der Waals surface area contributed by atoms with E-state index in [2.05, 4.69) is 4.72 Å². The highest BCUT2D eigenvalue weighted by atomic mass is 35.5. The smallest absolute Gasteiger partial charge is 0.242 e. The Labute approximate surface area is 117 Å². The van der Waals surface area contributed by atoms with Gasteiger partial charge in [-0.3, -0.25) is 0 Å². The van der Waals surface area contributed by atoms with E-state index in [-0.39, 0.29) is 29.3 Å². The molecule has 0 aromatic heterocycles. The predicted molar refractivity (Wildman–Crippen MR) is 75.4 cm³/mol. The van der Waals surface area contributed by atoms with Crippen molar-refractivity contribution in [2.75, 3.05) is 24.3 Å². The van der Waals surface area contributed by atoms with Crippen LogP contribution in [-0.2, 0) is 19.9 Å². The van der Waals surface area contributed by atoms with E-state index >= 15 is 0 Å². The molecule has 1 aromatic rings. The van der Waals surface area contributed by atoms with Gasteiger partial charge < -0.3 is 5.73 Å². The van der Waals surface area contributed by atoms with Crippen LogP contribution in [0.4, 0.5) is 5.69 Å². The molecule has 0 fully saturated rings. The Balaban J connectivity index is 2.71. The summed E-state index contributed by atoms with van der Waals surface area (Å²) in [6.07, 6.45) is 1.30. The number of nitrogens with one attached hydrogen (secondary N) is 1. The summed E-state index contributed by atoms with van der Waals surface area (Å²) in [5.41, 5.74) is 5.63. The molecule has 0 aliphatic rings. The highest BCUT2D eigenvalue weighted by Crippen LogP contribution is 2.22. The maximum atomic E-state index is 11.9. The molecule has 1 aromatic carbocycles. The largest absolute Gasteiger partial charge is 0.398 e. The molecule has 0 saturated heterocycles. The van der Waals surface area contributed by atoms with Gasteiger partial charge in [-0.25, -0.2) is 21.6 Å². The van der Waals surface area contributed by atoms with Crippen molar-refractivity contribution in [3.63, 3.8) is 0 Å². The first-order valence-corrected chi connectivity index (χ1v) is 9.26. The second-order valence-corrected chi connectivity index (χ2v) is 8.49. The number of sulfone groups is 1. The monoisotopic (exact) mass is 326 g/mol. The molecule has 0 heterocycles. The maximum Gasteiger partial charge on any atom is 0.242 e. The molecule has 1 rings (SSSR count). The van der Waals surface area contributed by atoms with Gasteiger partial charge in [0.2, 0.25) is 10.0 Å². The molecule has 108 valence electrons. The summed E-state index contributed by atoms with van der Waals surface area (Å²) in [6, 6.07) is 4.06. The first-order valence-electron chi connectivity index (χ1n) is 5.34. The summed E-state index contributed by atoms with van der Waals surface area (Å²) in [7, 11) is -6.85. The average molecular weight is 327 g/mol. The zero-order valence-electron chi connectivity index (χ0n) is 10.3. The van der Waals surface area contributed by atoms with Gasteiger partial charge in [-0.1, -0.05) is 11.6 Å². The van der Waals surface area contributed by atoms with Crippen LogP contribution in [0, 0.1) is 0 Å². The van der Waals surface area contributed by atoms with Crippen LogP contribution >= 0.6 is 11.6 Å². The van der Waals surface area contributed by atoms with Gasteiger partial charge in [-0.05, 0) is 24.6 Å². The van der Waals surface area contributed by atoms with Crippen LogP contribution in [0.5, 0.6) is 0 Å². The molecule has 0 atom stereocenters. The second-order valence-electron chi connectivity index (χ2n) is 4.06. The van der Waals surface area contributed by atoms with Crippen molar-refractivity contribution >= 4 is 37.1 Å². The van der Waals surface area contributed by atoms with E-state index in [0.29, 0.717) is 5.02 Å². The van der Waals surface area contributed by atoms with Gasteiger partial charge in [0.15, 0.2) is 0 Å². The average Bonchev–Trinajstić information content (AvgIpc) is 2.22. The fraction of sp³-hybridized carbons (Fsp3) is 0.400. The van der Waals surface area contributed by atoms with Crippen LogP contribution in [0.1, 0.15) is 6.42 Å². The molecule has 0 bridgehead atoms. The minimum absolute atomic E-state index is 0.0253. The molecule has 0 aliphatic heterocycles. The summed E-state index contributed by atoms with van der Waals surface area (Å²) in [5, 5.41) is 0.341. The van der Waals surface area contributed by atoms with Gasteiger partial charge in [-0.2, -0.15) is 0 Å². The lowest BCUT2D eigenvalue weighted by molar-refractivity contribution is 0.577. The number of anilines is 1. The van der Waals surface area contributed by atoms with E-state index in [1.807, 2.05) is 0 Å². The summed E-state index contributed by atoms with van der Waals surface area (Å²) < 4.78 is 47.9. The van der Waals surface area contributed by atoms with Crippen molar-refractivity contribution in [1.82, 2.24) is 4.72 Å². The highest BCUT2D eigenvalue weighted by Gasteiger charge is 2.17. The van der Waals surface area contributed by atoms with E-state index in [4.69, 9.17) is 17.3 Å². The van der Waals surface area contributed by atoms with Gasteiger partial charge in [0.25, 0.3) is 0 Å². The zero-order valence-corrected chi connectivity index (χ0v) is 12.6. The van der Waals surface area contributed by atoms with E-state index in [1.54, 1.807) is 0 Å². The second kappa shape index (κ2) is 6.08. The van der Waals surface area contributed by atoms with Crippen LogP contribution in [0.2, 0.25) is 5.02 Å². The number of nitrogen functional groups attached to an aromatic ring is 1. The molecule has 0 saturated carbocycles. The summed E-state index contributed by atoms with van der Waals surface area (Å²) in [6.45, 7) is 0.0253. The Morgan fingerprint density at radius 1 is 1.26 bits per heavy atom. The van der Waals surface area contributed by atoms with E-state index in [1.165, 1.54) is 18.2 Å². The standard InChI is InChI=1S/C10H15ClN2O4S2/c1-18(14,15)6-2-5-13-19(16,17)10-4-3-8(11)7-9(10)12/h3-4,7,13H,2,5-6,12H2,1H3. The Morgan fingerprint density at radius 3 is 2.42 bits per heavy atom. The zero-order chi connectivity index (χ0) is 14.7. The molecule has 9 heteroatoms. The Kier molecular flexibility index (Phi) is 5.19. The van der Waals surface area contributed by atoms with Crippen LogP contribution in [0.3, 0.4) is 0 Å². The Hall–Kier alpha value is -0.830. The number of hydrogen-bond acceptors (Lipinski definition) is 5. The van der Waals surface area contributed by atoms with Crippen molar-refractivity contribution in [3.8, 4) is 0 Å². The first kappa shape index (κ1) is 16.2. The van der Waals surface area contributed by atoms with Crippen LogP contribution < -0.4 is 10.5 Å². The lowest BCUT2D eigenvalue weighted by Gasteiger charge is -2.09. The fourth-order valence-corrected chi connectivity index (χ4v) is 3.42. The summed E-state index contributed by atoms with van der Waals surface area (Å²) >= 11 is 5.68. The topological polar surface area (TPSA) is 106 Å². The molecule has 0 amide bonds. The van der Waals surface area contributed by atoms with Gasteiger partial charge in [-0.15, -0.1) is 0 Å². The normalized spacial score (nSPS) is 12.5. The predicted octanol–water partition coefficient (Wildman–Crippen LogP) is 0.635. The van der Waals surface area contributed by atoms with E-state index < -0.39 is 19.9 Å². The SMILES string of the molecule is CS(=O)(=O)CCCNS(=O)(=O)c1ccc(Cl)cc1N. The third-order valence-electron chi connectivity index (χ3n) is 2.25. The van der Waals surface area contributed by atoms with Gasteiger partial charge in [0, 0.05) is 17.8 Å². The molecule has 6 nitrogen and oxygen atoms in total. The molecule has 0 spiro atoms. The van der Waals surface area contributed by atoms with Crippen molar-refractivity contribution in [1.29, 1.82) is 0 Å². The third-order valence-corrected chi connectivity index (χ3v) is 5.05. The minimum atomic E-state index is -3.75. The molecule has 19 heavy (non-hydrogen) atoms. The fourth-order valence-electron chi connectivity index (χ4n) is 1.38. The number of sulfonamides is 1. The van der Waals surface area contributed by atoms with Gasteiger partial charge >= 0.3 is 0 Å². The van der Waals surface area contributed by atoms with Crippen LogP contribution in [0.25, 0.3) is 0 Å². The molecular formula is C10H15ClN2O4S2. The molecule has 0 radical (unpaired) electrons. The van der Waals surface area contributed by atoms with Crippen molar-refractivity contribution in [2.24, 2.45) is 0 Å². The summed E-state index contributed by atoms with van der Waals surface area (Å²) in [5.74, 6) is -0.0778. The van der Waals surface area contributed by atoms with Crippen molar-refractivity contribution in [2.45, 2.75) is 11.3 Å². The Morgan fingerprint density at radius 2 is 1.89 bits per heavy atom. The molecule has 0 aliphatic carbocycles. The Bertz CT molecular complexity index is 656. The number of hydrogen-bond donors (Lipinski definition) is 2.